The van der Waals surface area contributed by atoms with E-state index in [1.165, 1.54) is 7.11 Å². The molecule has 1 fully saturated rings. The van der Waals surface area contributed by atoms with Gasteiger partial charge >= 0.3 is 5.97 Å². The van der Waals surface area contributed by atoms with Crippen molar-refractivity contribution in [1.29, 1.82) is 0 Å². The lowest BCUT2D eigenvalue weighted by molar-refractivity contribution is -0.141. The Bertz CT molecular complexity index is 1020. The van der Waals surface area contributed by atoms with Gasteiger partial charge < -0.3 is 14.6 Å². The summed E-state index contributed by atoms with van der Waals surface area (Å²) in [7, 11) is 1.33. The molecule has 28 heavy (non-hydrogen) atoms. The fourth-order valence-electron chi connectivity index (χ4n) is 3.30. The Morgan fingerprint density at radius 1 is 1.29 bits per heavy atom. The topological polar surface area (TPSA) is 94.3 Å². The summed E-state index contributed by atoms with van der Waals surface area (Å²) in [4.78, 5) is 29.6. The number of nitrogens with zero attached hydrogens (tertiary/aromatic N) is 2. The highest BCUT2D eigenvalue weighted by Crippen LogP contribution is 2.40. The number of pyridine rings is 1. The van der Waals surface area contributed by atoms with Crippen molar-refractivity contribution in [3.63, 3.8) is 0 Å². The third-order valence-electron chi connectivity index (χ3n) is 4.98. The van der Waals surface area contributed by atoms with Crippen LogP contribution in [0.5, 0.6) is 0 Å². The first-order valence-corrected chi connectivity index (χ1v) is 9.26. The molecule has 4 rings (SSSR count). The molecule has 0 bridgehead atoms. The Morgan fingerprint density at radius 2 is 2.04 bits per heavy atom. The first-order valence-electron chi connectivity index (χ1n) is 9.26. The molecule has 7 heteroatoms. The van der Waals surface area contributed by atoms with Crippen LogP contribution in [0.25, 0.3) is 11.1 Å². The third-order valence-corrected chi connectivity index (χ3v) is 4.98. The number of hydrogen-bond donors (Lipinski definition) is 1. The minimum absolute atomic E-state index is 0.0403. The summed E-state index contributed by atoms with van der Waals surface area (Å²) in [5, 5.41) is 7.54. The van der Waals surface area contributed by atoms with E-state index in [9.17, 15) is 9.59 Å². The molecule has 7 nitrogen and oxygen atoms in total. The van der Waals surface area contributed by atoms with Crippen molar-refractivity contribution in [3.05, 3.63) is 58.9 Å². The summed E-state index contributed by atoms with van der Waals surface area (Å²) in [6, 6.07) is 10.7. The maximum atomic E-state index is 13.2. The van der Waals surface area contributed by atoms with E-state index in [1.807, 2.05) is 36.4 Å². The zero-order valence-corrected chi connectivity index (χ0v) is 15.8. The number of aryl methyl sites for hydroxylation is 1. The molecule has 1 aliphatic carbocycles. The van der Waals surface area contributed by atoms with Gasteiger partial charge in [0.2, 0.25) is 0 Å². The summed E-state index contributed by atoms with van der Waals surface area (Å²) in [6.45, 7) is 1.78. The molecule has 0 radical (unpaired) electrons. The summed E-state index contributed by atoms with van der Waals surface area (Å²) in [6.07, 6.45) is 2.15. The Balaban J connectivity index is 1.69. The molecule has 1 amide bonds. The summed E-state index contributed by atoms with van der Waals surface area (Å²) >= 11 is 0. The third kappa shape index (κ3) is 3.60. The monoisotopic (exact) mass is 379 g/mol. The number of esters is 1. The van der Waals surface area contributed by atoms with E-state index in [0.29, 0.717) is 28.3 Å². The molecule has 0 unspecified atom stereocenters. The highest BCUT2D eigenvalue weighted by Gasteiger charge is 2.29. The Hall–Kier alpha value is -3.22. The van der Waals surface area contributed by atoms with Crippen LogP contribution in [0.15, 0.2) is 40.9 Å². The first kappa shape index (κ1) is 18.2. The van der Waals surface area contributed by atoms with Crippen LogP contribution in [-0.4, -0.2) is 29.1 Å². The van der Waals surface area contributed by atoms with Crippen molar-refractivity contribution in [3.8, 4) is 0 Å². The Kier molecular flexibility index (Phi) is 4.81. The number of methoxy groups -OCH3 is 1. The Morgan fingerprint density at radius 3 is 2.71 bits per heavy atom. The number of amides is 1. The van der Waals surface area contributed by atoms with E-state index in [4.69, 9.17) is 9.26 Å². The molecule has 1 aliphatic rings. The van der Waals surface area contributed by atoms with Crippen molar-refractivity contribution >= 4 is 23.0 Å². The first-order chi connectivity index (χ1) is 13.6. The summed E-state index contributed by atoms with van der Waals surface area (Å²) in [5.41, 5.74) is 3.13. The van der Waals surface area contributed by atoms with Crippen LogP contribution >= 0.6 is 0 Å². The van der Waals surface area contributed by atoms with Crippen LogP contribution in [0.4, 0.5) is 0 Å². The second kappa shape index (κ2) is 7.42. The molecule has 1 atom stereocenters. The van der Waals surface area contributed by atoms with Crippen LogP contribution in [0.3, 0.4) is 0 Å². The zero-order valence-electron chi connectivity index (χ0n) is 15.8. The second-order valence-electron chi connectivity index (χ2n) is 7.03. The highest BCUT2D eigenvalue weighted by molar-refractivity contribution is 6.06. The lowest BCUT2D eigenvalue weighted by Crippen LogP contribution is -2.30. The number of hydrogen-bond acceptors (Lipinski definition) is 6. The molecule has 3 aromatic rings. The van der Waals surface area contributed by atoms with Gasteiger partial charge in [-0.1, -0.05) is 35.5 Å². The van der Waals surface area contributed by atoms with Gasteiger partial charge in [-0.3, -0.25) is 9.59 Å². The Labute approximate surface area is 162 Å². The van der Waals surface area contributed by atoms with Gasteiger partial charge in [-0.15, -0.1) is 0 Å². The number of aromatic nitrogens is 2. The number of rotatable bonds is 6. The standard InChI is InChI=1S/C21H21N3O4/c1-12-19-15(10-16(14-8-9-14)23-21(19)28-24-12)20(26)22-17(11-18(25)27-2)13-6-4-3-5-7-13/h3-7,10,14,17H,8-9,11H2,1-2H3,(H,22,26)/t17-/m0/s1. The molecular formula is C21H21N3O4. The normalized spacial score (nSPS) is 14.6. The van der Waals surface area contributed by atoms with E-state index in [0.717, 1.165) is 24.1 Å². The molecule has 1 aromatic carbocycles. The van der Waals surface area contributed by atoms with Crippen molar-refractivity contribution in [1.82, 2.24) is 15.5 Å². The average Bonchev–Trinajstić information content (AvgIpc) is 3.50. The average molecular weight is 379 g/mol. The van der Waals surface area contributed by atoms with Gasteiger partial charge in [-0.25, -0.2) is 4.98 Å². The van der Waals surface area contributed by atoms with Gasteiger partial charge in [0.25, 0.3) is 11.6 Å². The molecule has 2 heterocycles. The van der Waals surface area contributed by atoms with Gasteiger partial charge in [-0.2, -0.15) is 0 Å². The van der Waals surface area contributed by atoms with Crippen molar-refractivity contribution in [2.45, 2.75) is 38.1 Å². The number of ether oxygens (including phenoxy) is 1. The van der Waals surface area contributed by atoms with E-state index < -0.39 is 12.0 Å². The van der Waals surface area contributed by atoms with Crippen LogP contribution in [0, 0.1) is 6.92 Å². The van der Waals surface area contributed by atoms with E-state index in [1.54, 1.807) is 6.92 Å². The molecule has 144 valence electrons. The lowest BCUT2D eigenvalue weighted by atomic mass is 10.0. The zero-order chi connectivity index (χ0) is 19.7. The van der Waals surface area contributed by atoms with Crippen LogP contribution in [-0.2, 0) is 9.53 Å². The van der Waals surface area contributed by atoms with E-state index in [-0.39, 0.29) is 12.3 Å². The predicted octanol–water partition coefficient (Wildman–Crippen LogP) is 3.44. The molecule has 1 N–H and O–H groups in total. The molecule has 0 saturated heterocycles. The predicted molar refractivity (Wildman–Crippen MR) is 102 cm³/mol. The number of nitrogens with one attached hydrogen (secondary N) is 1. The lowest BCUT2D eigenvalue weighted by Gasteiger charge is -2.18. The molecular weight excluding hydrogens is 358 g/mol. The van der Waals surface area contributed by atoms with Crippen molar-refractivity contribution < 1.29 is 18.8 Å². The molecule has 0 aliphatic heterocycles. The molecule has 2 aromatic heterocycles. The summed E-state index contributed by atoms with van der Waals surface area (Å²) < 4.78 is 10.1. The van der Waals surface area contributed by atoms with Gasteiger partial charge in [0.15, 0.2) is 0 Å². The van der Waals surface area contributed by atoms with E-state index in [2.05, 4.69) is 15.5 Å². The van der Waals surface area contributed by atoms with Gasteiger partial charge in [-0.05, 0) is 31.4 Å². The number of carbonyl (C=O) groups is 2. The fourth-order valence-corrected chi connectivity index (χ4v) is 3.30. The van der Waals surface area contributed by atoms with Crippen LogP contribution in [0.1, 0.15) is 58.5 Å². The minimum atomic E-state index is -0.506. The van der Waals surface area contributed by atoms with Gasteiger partial charge in [0, 0.05) is 11.6 Å². The van der Waals surface area contributed by atoms with Gasteiger partial charge in [0.05, 0.1) is 36.2 Å². The van der Waals surface area contributed by atoms with Crippen LogP contribution < -0.4 is 5.32 Å². The quantitative estimate of drug-likeness (QED) is 0.659. The summed E-state index contributed by atoms with van der Waals surface area (Å²) in [5.74, 6) is -0.325. The van der Waals surface area contributed by atoms with Crippen LogP contribution in [0.2, 0.25) is 0 Å². The SMILES string of the molecule is COC(=O)C[C@H](NC(=O)c1cc(C2CC2)nc2onc(C)c12)c1ccccc1. The van der Waals surface area contributed by atoms with E-state index >= 15 is 0 Å². The smallest absolute Gasteiger partial charge is 0.307 e. The molecule has 0 spiro atoms. The fraction of sp³-hybridized carbons (Fsp3) is 0.333. The maximum Gasteiger partial charge on any atom is 0.307 e. The number of fused-ring (bicyclic) bond motifs is 1. The largest absolute Gasteiger partial charge is 0.469 e. The van der Waals surface area contributed by atoms with Crippen molar-refractivity contribution in [2.75, 3.05) is 7.11 Å². The second-order valence-corrected chi connectivity index (χ2v) is 7.03. The number of carbonyl (C=O) groups excluding carboxylic acids is 2. The minimum Gasteiger partial charge on any atom is -0.469 e. The van der Waals surface area contributed by atoms with Gasteiger partial charge in [0.1, 0.15) is 0 Å². The number of benzene rings is 1. The highest BCUT2D eigenvalue weighted by atomic mass is 16.5. The maximum absolute atomic E-state index is 13.2. The molecule has 1 saturated carbocycles. The van der Waals surface area contributed by atoms with Crippen molar-refractivity contribution in [2.24, 2.45) is 0 Å².